The quantitative estimate of drug-likeness (QED) is 0.418. The smallest absolute Gasteiger partial charge is 0.261 e. The van der Waals surface area contributed by atoms with Crippen LogP contribution in [-0.4, -0.2) is 43.0 Å². The zero-order valence-corrected chi connectivity index (χ0v) is 20.7. The Bertz CT molecular complexity index is 1100. The standard InChI is InChI=1S/C29H34N2O4/c1-4-17-30-29(33)25(19-23-12-6-5-7-13-23)31(20-24-14-10-11-22(2)18-24)28(32)21-35-27-16-9-8-15-26(27)34-3/h5-16,18,25H,4,17,19-21H2,1-3H3,(H,30,33)/t25-/m0/s1. The lowest BCUT2D eigenvalue weighted by atomic mass is 10.0. The van der Waals surface area contributed by atoms with Crippen molar-refractivity contribution in [3.8, 4) is 11.5 Å². The highest BCUT2D eigenvalue weighted by atomic mass is 16.5. The molecule has 184 valence electrons. The van der Waals surface area contributed by atoms with Gasteiger partial charge in [0, 0.05) is 19.5 Å². The van der Waals surface area contributed by atoms with Gasteiger partial charge < -0.3 is 19.7 Å². The maximum absolute atomic E-state index is 13.6. The first-order valence-corrected chi connectivity index (χ1v) is 11.9. The Morgan fingerprint density at radius 1 is 0.914 bits per heavy atom. The number of aryl methyl sites for hydroxylation is 1. The van der Waals surface area contributed by atoms with E-state index in [1.807, 2.05) is 80.6 Å². The molecule has 0 heterocycles. The van der Waals surface area contributed by atoms with Crippen LogP contribution in [0, 0.1) is 6.92 Å². The number of nitrogens with zero attached hydrogens (tertiary/aromatic N) is 1. The summed E-state index contributed by atoms with van der Waals surface area (Å²) in [5, 5.41) is 2.98. The molecule has 0 saturated heterocycles. The average molecular weight is 475 g/mol. The molecule has 3 aromatic rings. The number of amides is 2. The Labute approximate surface area is 207 Å². The lowest BCUT2D eigenvalue weighted by Crippen LogP contribution is -2.51. The molecule has 2 amide bonds. The van der Waals surface area contributed by atoms with Gasteiger partial charge in [-0.2, -0.15) is 0 Å². The number of rotatable bonds is 12. The van der Waals surface area contributed by atoms with Crippen LogP contribution < -0.4 is 14.8 Å². The van der Waals surface area contributed by atoms with Crippen molar-refractivity contribution in [1.29, 1.82) is 0 Å². The van der Waals surface area contributed by atoms with E-state index in [0.717, 1.165) is 23.1 Å². The first-order valence-electron chi connectivity index (χ1n) is 11.9. The fourth-order valence-corrected chi connectivity index (χ4v) is 3.89. The van der Waals surface area contributed by atoms with Crippen molar-refractivity contribution in [2.45, 2.75) is 39.3 Å². The van der Waals surface area contributed by atoms with E-state index in [-0.39, 0.29) is 18.4 Å². The van der Waals surface area contributed by atoms with Gasteiger partial charge in [0.2, 0.25) is 5.91 Å². The normalized spacial score (nSPS) is 11.4. The van der Waals surface area contributed by atoms with Crippen molar-refractivity contribution in [2.24, 2.45) is 0 Å². The molecular weight excluding hydrogens is 440 g/mol. The van der Waals surface area contributed by atoms with Crippen LogP contribution in [0.25, 0.3) is 0 Å². The number of methoxy groups -OCH3 is 1. The fourth-order valence-electron chi connectivity index (χ4n) is 3.89. The second-order valence-electron chi connectivity index (χ2n) is 8.45. The summed E-state index contributed by atoms with van der Waals surface area (Å²) < 4.78 is 11.2. The Balaban J connectivity index is 1.90. The molecule has 3 aromatic carbocycles. The SMILES string of the molecule is CCCNC(=O)[C@H](Cc1ccccc1)N(Cc1cccc(C)c1)C(=O)COc1ccccc1OC. The van der Waals surface area contributed by atoms with Crippen LogP contribution in [0.5, 0.6) is 11.5 Å². The molecule has 6 heteroatoms. The van der Waals surface area contributed by atoms with Crippen molar-refractivity contribution >= 4 is 11.8 Å². The number of nitrogens with one attached hydrogen (secondary N) is 1. The van der Waals surface area contributed by atoms with Gasteiger partial charge >= 0.3 is 0 Å². The summed E-state index contributed by atoms with van der Waals surface area (Å²) in [6.45, 7) is 4.65. The van der Waals surface area contributed by atoms with Crippen LogP contribution in [0.2, 0.25) is 0 Å². The number of hydrogen-bond acceptors (Lipinski definition) is 4. The second kappa shape index (κ2) is 13.2. The predicted molar refractivity (Wildman–Crippen MR) is 137 cm³/mol. The Hall–Kier alpha value is -3.80. The maximum Gasteiger partial charge on any atom is 0.261 e. The van der Waals surface area contributed by atoms with Crippen molar-refractivity contribution in [3.05, 3.63) is 95.6 Å². The number of ether oxygens (including phenoxy) is 2. The molecule has 0 fully saturated rings. The number of para-hydroxylation sites is 2. The predicted octanol–water partition coefficient (Wildman–Crippen LogP) is 4.55. The van der Waals surface area contributed by atoms with Crippen molar-refractivity contribution < 1.29 is 19.1 Å². The monoisotopic (exact) mass is 474 g/mol. The first-order chi connectivity index (χ1) is 17.0. The first kappa shape index (κ1) is 25.8. The van der Waals surface area contributed by atoms with Gasteiger partial charge in [-0.15, -0.1) is 0 Å². The lowest BCUT2D eigenvalue weighted by molar-refractivity contribution is -0.142. The highest BCUT2D eigenvalue weighted by Crippen LogP contribution is 2.26. The molecule has 0 aliphatic heterocycles. The van der Waals surface area contributed by atoms with Crippen LogP contribution in [0.3, 0.4) is 0 Å². The third-order valence-electron chi connectivity index (χ3n) is 5.68. The summed E-state index contributed by atoms with van der Waals surface area (Å²) in [5.41, 5.74) is 3.03. The van der Waals surface area contributed by atoms with E-state index in [1.165, 1.54) is 0 Å². The van der Waals surface area contributed by atoms with Gasteiger partial charge in [-0.25, -0.2) is 0 Å². The molecule has 3 rings (SSSR count). The van der Waals surface area contributed by atoms with Gasteiger partial charge in [-0.1, -0.05) is 79.2 Å². The van der Waals surface area contributed by atoms with Crippen molar-refractivity contribution in [2.75, 3.05) is 20.3 Å². The van der Waals surface area contributed by atoms with E-state index >= 15 is 0 Å². The van der Waals surface area contributed by atoms with E-state index in [9.17, 15) is 9.59 Å². The lowest BCUT2D eigenvalue weighted by Gasteiger charge is -2.31. The topological polar surface area (TPSA) is 67.9 Å². The minimum atomic E-state index is -0.682. The maximum atomic E-state index is 13.6. The van der Waals surface area contributed by atoms with E-state index in [0.29, 0.717) is 31.0 Å². The third-order valence-corrected chi connectivity index (χ3v) is 5.68. The van der Waals surface area contributed by atoms with Gasteiger partial charge in [0.05, 0.1) is 7.11 Å². The van der Waals surface area contributed by atoms with Gasteiger partial charge in [-0.05, 0) is 36.6 Å². The molecule has 0 aliphatic carbocycles. The molecule has 1 atom stereocenters. The minimum Gasteiger partial charge on any atom is -0.493 e. The largest absolute Gasteiger partial charge is 0.493 e. The molecule has 0 aromatic heterocycles. The highest BCUT2D eigenvalue weighted by Gasteiger charge is 2.30. The Morgan fingerprint density at radius 3 is 2.29 bits per heavy atom. The Kier molecular flexibility index (Phi) is 9.72. The van der Waals surface area contributed by atoms with Crippen molar-refractivity contribution in [3.63, 3.8) is 0 Å². The van der Waals surface area contributed by atoms with Crippen LogP contribution in [0.4, 0.5) is 0 Å². The van der Waals surface area contributed by atoms with Crippen LogP contribution in [0.1, 0.15) is 30.0 Å². The minimum absolute atomic E-state index is 0.172. The molecule has 0 unspecified atom stereocenters. The number of carbonyl (C=O) groups excluding carboxylic acids is 2. The van der Waals surface area contributed by atoms with Crippen molar-refractivity contribution in [1.82, 2.24) is 10.2 Å². The van der Waals surface area contributed by atoms with Gasteiger partial charge in [0.1, 0.15) is 6.04 Å². The van der Waals surface area contributed by atoms with E-state index in [4.69, 9.17) is 9.47 Å². The van der Waals surface area contributed by atoms with E-state index in [1.54, 1.807) is 24.1 Å². The van der Waals surface area contributed by atoms with Gasteiger partial charge in [-0.3, -0.25) is 9.59 Å². The molecule has 0 radical (unpaired) electrons. The summed E-state index contributed by atoms with van der Waals surface area (Å²) in [5.74, 6) is 0.583. The van der Waals surface area contributed by atoms with Crippen LogP contribution in [-0.2, 0) is 22.6 Å². The fraction of sp³-hybridized carbons (Fsp3) is 0.310. The number of hydrogen-bond donors (Lipinski definition) is 1. The zero-order valence-electron chi connectivity index (χ0n) is 20.7. The third kappa shape index (κ3) is 7.60. The number of benzene rings is 3. The van der Waals surface area contributed by atoms with E-state index in [2.05, 4.69) is 5.32 Å². The van der Waals surface area contributed by atoms with E-state index < -0.39 is 6.04 Å². The number of carbonyl (C=O) groups is 2. The summed E-state index contributed by atoms with van der Waals surface area (Å²) in [7, 11) is 1.56. The second-order valence-corrected chi connectivity index (χ2v) is 8.45. The van der Waals surface area contributed by atoms with Crippen LogP contribution in [0.15, 0.2) is 78.9 Å². The molecule has 0 saturated carbocycles. The molecule has 35 heavy (non-hydrogen) atoms. The molecule has 0 aliphatic rings. The summed E-state index contributed by atoms with van der Waals surface area (Å²) >= 11 is 0. The molecule has 1 N–H and O–H groups in total. The summed E-state index contributed by atoms with van der Waals surface area (Å²) in [6.07, 6.45) is 1.22. The van der Waals surface area contributed by atoms with Crippen LogP contribution >= 0.6 is 0 Å². The molecule has 0 bridgehead atoms. The zero-order chi connectivity index (χ0) is 25.0. The summed E-state index contributed by atoms with van der Waals surface area (Å²) in [4.78, 5) is 28.5. The molecule has 6 nitrogen and oxygen atoms in total. The van der Waals surface area contributed by atoms with Gasteiger partial charge in [0.25, 0.3) is 5.91 Å². The molecule has 0 spiro atoms. The highest BCUT2D eigenvalue weighted by molar-refractivity contribution is 5.88. The average Bonchev–Trinajstić information content (AvgIpc) is 2.88. The summed E-state index contributed by atoms with van der Waals surface area (Å²) in [6, 6.07) is 24.2. The Morgan fingerprint density at radius 2 is 1.60 bits per heavy atom. The molecular formula is C29H34N2O4. The van der Waals surface area contributed by atoms with Gasteiger partial charge in [0.15, 0.2) is 18.1 Å².